The van der Waals surface area contributed by atoms with Gasteiger partial charge in [-0.2, -0.15) is 0 Å². The summed E-state index contributed by atoms with van der Waals surface area (Å²) >= 11 is 0. The molecule has 1 rings (SSSR count). The minimum atomic E-state index is -1.20. The van der Waals surface area contributed by atoms with Gasteiger partial charge in [-0.15, -0.1) is 4.57 Å². The van der Waals surface area contributed by atoms with Crippen LogP contribution in [0.5, 0.6) is 0 Å². The highest BCUT2D eigenvalue weighted by Crippen LogP contribution is 1.85. The van der Waals surface area contributed by atoms with Crippen molar-refractivity contribution in [3.8, 4) is 0 Å². The lowest BCUT2D eigenvalue weighted by Crippen LogP contribution is -2.53. The largest absolute Gasteiger partial charge is 0.490 e. The smallest absolute Gasteiger partial charge is 0.343 e. The molecule has 3 heteroatoms. The predicted molar refractivity (Wildman–Crippen MR) is 32.2 cm³/mol. The molecule has 0 unspecified atom stereocenters. The topological polar surface area (TPSA) is 44.0 Å². The molecule has 1 aromatic heterocycles. The average Bonchev–Trinajstić information content (AvgIpc) is 1.88. The molecule has 1 aromatic rings. The molecule has 0 aliphatic rings. The molecular formula is C7H7NO2. The van der Waals surface area contributed by atoms with E-state index in [2.05, 4.69) is 0 Å². The maximum Gasteiger partial charge on any atom is 0.343 e. The fourth-order valence-corrected chi connectivity index (χ4v) is 0.733. The van der Waals surface area contributed by atoms with Crippen LogP contribution in [-0.2, 0) is 0 Å². The lowest BCUT2D eigenvalue weighted by Gasteiger charge is -1.95. The molecule has 0 atom stereocenters. The fraction of sp³-hybridized carbons (Fsp3) is 0.143. The number of hydrogen-bond acceptors (Lipinski definition) is 2. The van der Waals surface area contributed by atoms with Crippen LogP contribution in [0, 0.1) is 6.92 Å². The molecule has 0 amide bonds. The third-order valence-electron chi connectivity index (χ3n) is 1.26. The van der Waals surface area contributed by atoms with Gasteiger partial charge >= 0.3 is 6.09 Å². The van der Waals surface area contributed by atoms with Crippen LogP contribution in [0.25, 0.3) is 0 Å². The highest BCUT2D eigenvalue weighted by Gasteiger charge is 2.03. The zero-order chi connectivity index (χ0) is 7.56. The number of carboxylic acid groups (broad SMARTS) is 1. The van der Waals surface area contributed by atoms with E-state index in [0.717, 1.165) is 4.57 Å². The highest BCUT2D eigenvalue weighted by atomic mass is 16.4. The number of nitrogens with zero attached hydrogens (tertiary/aromatic N) is 1. The molecule has 0 N–H and O–H groups in total. The number of carbonyl (C=O) groups excluding carboxylic acids is 1. The second kappa shape index (κ2) is 2.47. The molecule has 1 heterocycles. The molecule has 0 aliphatic heterocycles. The zero-order valence-electron chi connectivity index (χ0n) is 5.57. The van der Waals surface area contributed by atoms with Gasteiger partial charge in [-0.05, 0) is 0 Å². The fourth-order valence-electron chi connectivity index (χ4n) is 0.733. The Labute approximate surface area is 58.5 Å². The third-order valence-corrected chi connectivity index (χ3v) is 1.26. The number of pyridine rings is 1. The Bertz CT molecular complexity index is 258. The van der Waals surface area contributed by atoms with E-state index in [1.54, 1.807) is 25.1 Å². The lowest BCUT2D eigenvalue weighted by molar-refractivity contribution is -0.636. The zero-order valence-corrected chi connectivity index (χ0v) is 5.57. The summed E-state index contributed by atoms with van der Waals surface area (Å²) in [6.07, 6.45) is 0.253. The standard InChI is InChI=1S/C7H7NO2/c1-6-4-2-3-5-8(6)7(9)10/h2-5H,1H3. The third kappa shape index (κ3) is 1.13. The number of carbonyl (C=O) groups is 1. The number of rotatable bonds is 0. The van der Waals surface area contributed by atoms with Crippen LogP contribution in [0.15, 0.2) is 24.4 Å². The molecule has 0 bridgehead atoms. The maximum atomic E-state index is 10.3. The van der Waals surface area contributed by atoms with Crippen molar-refractivity contribution in [3.05, 3.63) is 30.1 Å². The van der Waals surface area contributed by atoms with Crippen LogP contribution in [0.1, 0.15) is 5.69 Å². The van der Waals surface area contributed by atoms with Gasteiger partial charge in [0.2, 0.25) is 0 Å². The van der Waals surface area contributed by atoms with Crippen molar-refractivity contribution in [2.75, 3.05) is 0 Å². The summed E-state index contributed by atoms with van der Waals surface area (Å²) in [6.45, 7) is 1.70. The van der Waals surface area contributed by atoms with E-state index in [9.17, 15) is 9.90 Å². The van der Waals surface area contributed by atoms with Crippen molar-refractivity contribution in [2.45, 2.75) is 6.92 Å². The van der Waals surface area contributed by atoms with E-state index in [4.69, 9.17) is 0 Å². The molecular weight excluding hydrogens is 130 g/mol. The number of aromatic nitrogens is 1. The highest BCUT2D eigenvalue weighted by molar-refractivity contribution is 5.51. The summed E-state index contributed by atoms with van der Waals surface area (Å²) in [7, 11) is 0. The van der Waals surface area contributed by atoms with E-state index in [0.29, 0.717) is 5.69 Å². The summed E-state index contributed by atoms with van der Waals surface area (Å²) in [5.41, 5.74) is 0.655. The number of aryl methyl sites for hydroxylation is 1. The van der Waals surface area contributed by atoms with Gasteiger partial charge in [-0.3, -0.25) is 0 Å². The summed E-state index contributed by atoms with van der Waals surface area (Å²) in [6, 6.07) is 5.12. The Kier molecular flexibility index (Phi) is 1.67. The van der Waals surface area contributed by atoms with Crippen molar-refractivity contribution >= 4 is 6.09 Å². The van der Waals surface area contributed by atoms with Crippen LogP contribution in [0.4, 0.5) is 4.79 Å². The molecule has 0 aliphatic carbocycles. The minimum Gasteiger partial charge on any atom is -0.490 e. The first-order valence-corrected chi connectivity index (χ1v) is 2.90. The van der Waals surface area contributed by atoms with E-state index >= 15 is 0 Å². The second-order valence-electron chi connectivity index (χ2n) is 1.98. The first kappa shape index (κ1) is 6.74. The lowest BCUT2D eigenvalue weighted by atomic mass is 10.4. The van der Waals surface area contributed by atoms with Crippen molar-refractivity contribution in [1.29, 1.82) is 0 Å². The van der Waals surface area contributed by atoms with Crippen molar-refractivity contribution in [2.24, 2.45) is 0 Å². The summed E-state index contributed by atoms with van der Waals surface area (Å²) in [5.74, 6) is 0. The minimum absolute atomic E-state index is 0.655. The van der Waals surface area contributed by atoms with Gasteiger partial charge in [-0.25, -0.2) is 0 Å². The summed E-state index contributed by atoms with van der Waals surface area (Å²) in [5, 5.41) is 10.3. The van der Waals surface area contributed by atoms with Gasteiger partial charge in [0.25, 0.3) is 0 Å². The molecule has 0 saturated heterocycles. The molecule has 0 fully saturated rings. The number of hydrogen-bond donors (Lipinski definition) is 0. The van der Waals surface area contributed by atoms with Crippen molar-refractivity contribution in [1.82, 2.24) is 0 Å². The monoisotopic (exact) mass is 137 g/mol. The van der Waals surface area contributed by atoms with Crippen molar-refractivity contribution < 1.29 is 14.5 Å². The van der Waals surface area contributed by atoms with Gasteiger partial charge in [0, 0.05) is 19.1 Å². The Hall–Kier alpha value is -1.38. The summed E-state index contributed by atoms with van der Waals surface area (Å²) < 4.78 is 1.06. The summed E-state index contributed by atoms with van der Waals surface area (Å²) in [4.78, 5) is 10.3. The van der Waals surface area contributed by atoms with Crippen LogP contribution < -0.4 is 9.67 Å². The Morgan fingerprint density at radius 1 is 1.60 bits per heavy atom. The van der Waals surface area contributed by atoms with E-state index < -0.39 is 6.09 Å². The van der Waals surface area contributed by atoms with E-state index in [-0.39, 0.29) is 0 Å². The Morgan fingerprint density at radius 2 is 2.30 bits per heavy atom. The van der Waals surface area contributed by atoms with Crippen LogP contribution >= 0.6 is 0 Å². The first-order chi connectivity index (χ1) is 4.72. The molecule has 10 heavy (non-hydrogen) atoms. The molecule has 52 valence electrons. The quantitative estimate of drug-likeness (QED) is 0.451. The maximum absolute atomic E-state index is 10.3. The molecule has 3 nitrogen and oxygen atoms in total. The van der Waals surface area contributed by atoms with Gasteiger partial charge in [0.15, 0.2) is 11.9 Å². The molecule has 0 spiro atoms. The normalized spacial score (nSPS) is 9.30. The average molecular weight is 137 g/mol. The van der Waals surface area contributed by atoms with Gasteiger partial charge < -0.3 is 9.90 Å². The molecule has 0 saturated carbocycles. The van der Waals surface area contributed by atoms with Crippen LogP contribution in [-0.4, -0.2) is 6.09 Å². The van der Waals surface area contributed by atoms with Gasteiger partial charge in [0.1, 0.15) is 0 Å². The SMILES string of the molecule is Cc1cccc[n+]1C(=O)[O-]. The molecule has 0 aromatic carbocycles. The van der Waals surface area contributed by atoms with E-state index in [1.165, 1.54) is 6.20 Å². The van der Waals surface area contributed by atoms with Gasteiger partial charge in [0.05, 0.1) is 0 Å². The predicted octanol–water partition coefficient (Wildman–Crippen LogP) is -0.526. The Balaban J connectivity index is 3.15. The first-order valence-electron chi connectivity index (χ1n) is 2.90. The van der Waals surface area contributed by atoms with Crippen LogP contribution in [0.3, 0.4) is 0 Å². The second-order valence-corrected chi connectivity index (χ2v) is 1.98. The molecule has 0 radical (unpaired) electrons. The van der Waals surface area contributed by atoms with Crippen molar-refractivity contribution in [3.63, 3.8) is 0 Å². The van der Waals surface area contributed by atoms with Crippen LogP contribution in [0.2, 0.25) is 0 Å². The van der Waals surface area contributed by atoms with E-state index in [1.807, 2.05) is 0 Å². The van der Waals surface area contributed by atoms with Gasteiger partial charge in [-0.1, -0.05) is 6.07 Å². The Morgan fingerprint density at radius 3 is 2.70 bits per heavy atom.